The Bertz CT molecular complexity index is 1350. The average Bonchev–Trinajstić information content (AvgIpc) is 3.43. The van der Waals surface area contributed by atoms with Crippen molar-refractivity contribution in [3.05, 3.63) is 107 Å². The SMILES string of the molecule is CC1=C(N(c2ccc(-c3ccc4c(c3)C(C)(C)OC43CCCC3)cc2)c2ccccc2C)C=CCC1. The van der Waals surface area contributed by atoms with Gasteiger partial charge in [0.15, 0.2) is 0 Å². The lowest BCUT2D eigenvalue weighted by Crippen LogP contribution is -2.25. The van der Waals surface area contributed by atoms with Crippen LogP contribution < -0.4 is 4.90 Å². The van der Waals surface area contributed by atoms with Gasteiger partial charge in [-0.05, 0) is 117 Å². The molecule has 3 aromatic rings. The van der Waals surface area contributed by atoms with Crippen molar-refractivity contribution in [3.63, 3.8) is 0 Å². The number of para-hydroxylation sites is 1. The Morgan fingerprint density at radius 2 is 1.53 bits per heavy atom. The van der Waals surface area contributed by atoms with Gasteiger partial charge in [-0.3, -0.25) is 0 Å². The Morgan fingerprint density at radius 1 is 0.806 bits per heavy atom. The van der Waals surface area contributed by atoms with Crippen molar-refractivity contribution in [2.24, 2.45) is 0 Å². The zero-order valence-electron chi connectivity index (χ0n) is 22.1. The van der Waals surface area contributed by atoms with Crippen molar-refractivity contribution in [2.75, 3.05) is 4.90 Å². The fraction of sp³-hybridized carbons (Fsp3) is 0.353. The third kappa shape index (κ3) is 3.83. The molecular formula is C34H37NO. The second kappa shape index (κ2) is 8.78. The first-order valence-electron chi connectivity index (χ1n) is 13.6. The summed E-state index contributed by atoms with van der Waals surface area (Å²) in [5.74, 6) is 0. The Hall–Kier alpha value is -3.10. The molecule has 0 N–H and O–H groups in total. The van der Waals surface area contributed by atoms with E-state index in [0.717, 1.165) is 25.7 Å². The van der Waals surface area contributed by atoms with Gasteiger partial charge in [-0.2, -0.15) is 0 Å². The van der Waals surface area contributed by atoms with Gasteiger partial charge in [-0.1, -0.05) is 61.4 Å². The topological polar surface area (TPSA) is 12.5 Å². The zero-order chi connectivity index (χ0) is 24.9. The van der Waals surface area contributed by atoms with Crippen LogP contribution in [0.15, 0.2) is 90.2 Å². The third-order valence-electron chi connectivity index (χ3n) is 8.48. The fourth-order valence-corrected chi connectivity index (χ4v) is 6.59. The molecule has 3 aliphatic rings. The summed E-state index contributed by atoms with van der Waals surface area (Å²) >= 11 is 0. The Balaban J connectivity index is 1.38. The molecule has 0 saturated heterocycles. The fourth-order valence-electron chi connectivity index (χ4n) is 6.59. The molecule has 184 valence electrons. The average molecular weight is 476 g/mol. The van der Waals surface area contributed by atoms with E-state index >= 15 is 0 Å². The van der Waals surface area contributed by atoms with Crippen LogP contribution in [0, 0.1) is 6.92 Å². The minimum Gasteiger partial charge on any atom is -0.360 e. The van der Waals surface area contributed by atoms with E-state index in [0.29, 0.717) is 0 Å². The first-order chi connectivity index (χ1) is 17.4. The number of anilines is 2. The maximum Gasteiger partial charge on any atom is 0.0946 e. The van der Waals surface area contributed by atoms with Crippen LogP contribution in [0.25, 0.3) is 11.1 Å². The van der Waals surface area contributed by atoms with E-state index in [1.165, 1.54) is 63.3 Å². The monoisotopic (exact) mass is 475 g/mol. The number of ether oxygens (including phenoxy) is 1. The summed E-state index contributed by atoms with van der Waals surface area (Å²) in [4.78, 5) is 2.42. The molecule has 1 saturated carbocycles. The smallest absolute Gasteiger partial charge is 0.0946 e. The van der Waals surface area contributed by atoms with Gasteiger partial charge in [-0.15, -0.1) is 0 Å². The van der Waals surface area contributed by atoms with E-state index in [4.69, 9.17) is 4.74 Å². The number of allylic oxidation sites excluding steroid dienone is 3. The van der Waals surface area contributed by atoms with Crippen molar-refractivity contribution in [2.45, 2.75) is 77.4 Å². The van der Waals surface area contributed by atoms with Crippen LogP contribution in [0.2, 0.25) is 0 Å². The molecule has 1 aliphatic heterocycles. The van der Waals surface area contributed by atoms with Gasteiger partial charge in [0.05, 0.1) is 11.2 Å². The number of nitrogens with zero attached hydrogens (tertiary/aromatic N) is 1. The minimum atomic E-state index is -0.241. The highest BCUT2D eigenvalue weighted by atomic mass is 16.5. The molecule has 6 rings (SSSR count). The van der Waals surface area contributed by atoms with Crippen LogP contribution in [-0.2, 0) is 15.9 Å². The minimum absolute atomic E-state index is 0.0611. The standard InChI is InChI=1S/C34H37NO/c1-24-11-5-7-13-31(24)35(32-14-8-6-12-25(32)2)28-18-15-26(16-19-28)27-17-20-29-30(23-27)33(3,4)36-34(29)21-9-10-22-34/h5,7-8,11,13-20,23H,6,9-10,12,21-22H2,1-4H3. The Kier molecular flexibility index (Phi) is 5.68. The third-order valence-corrected chi connectivity index (χ3v) is 8.48. The molecule has 0 amide bonds. The quantitative estimate of drug-likeness (QED) is 0.372. The Labute approximate surface area is 216 Å². The van der Waals surface area contributed by atoms with Gasteiger partial charge < -0.3 is 9.64 Å². The molecule has 1 spiro atoms. The van der Waals surface area contributed by atoms with Crippen LogP contribution in [0.5, 0.6) is 0 Å². The normalized spacial score (nSPS) is 19.7. The molecule has 2 nitrogen and oxygen atoms in total. The van der Waals surface area contributed by atoms with Crippen molar-refractivity contribution in [1.29, 1.82) is 0 Å². The van der Waals surface area contributed by atoms with Gasteiger partial charge in [0.25, 0.3) is 0 Å². The van der Waals surface area contributed by atoms with E-state index in [9.17, 15) is 0 Å². The van der Waals surface area contributed by atoms with E-state index in [1.807, 2.05) is 0 Å². The summed E-state index contributed by atoms with van der Waals surface area (Å²) in [6.07, 6.45) is 11.7. The van der Waals surface area contributed by atoms with Gasteiger partial charge in [-0.25, -0.2) is 0 Å². The van der Waals surface area contributed by atoms with E-state index in [-0.39, 0.29) is 11.2 Å². The van der Waals surface area contributed by atoms with Crippen molar-refractivity contribution in [1.82, 2.24) is 0 Å². The van der Waals surface area contributed by atoms with E-state index < -0.39 is 0 Å². The van der Waals surface area contributed by atoms with Crippen LogP contribution in [0.3, 0.4) is 0 Å². The molecule has 0 bridgehead atoms. The van der Waals surface area contributed by atoms with E-state index in [1.54, 1.807) is 0 Å². The van der Waals surface area contributed by atoms with Crippen LogP contribution in [0.4, 0.5) is 11.4 Å². The molecular weight excluding hydrogens is 438 g/mol. The van der Waals surface area contributed by atoms with Gasteiger partial charge >= 0.3 is 0 Å². The largest absolute Gasteiger partial charge is 0.360 e. The highest BCUT2D eigenvalue weighted by Crippen LogP contribution is 2.55. The van der Waals surface area contributed by atoms with Crippen molar-refractivity contribution in [3.8, 4) is 11.1 Å². The molecule has 0 unspecified atom stereocenters. The lowest BCUT2D eigenvalue weighted by molar-refractivity contribution is -0.122. The van der Waals surface area contributed by atoms with Crippen molar-refractivity contribution < 1.29 is 4.74 Å². The molecule has 0 aromatic heterocycles. The maximum absolute atomic E-state index is 6.73. The second-order valence-corrected chi connectivity index (χ2v) is 11.3. The first kappa shape index (κ1) is 23.3. The molecule has 2 aliphatic carbocycles. The number of hydrogen-bond donors (Lipinski definition) is 0. The number of fused-ring (bicyclic) bond motifs is 2. The van der Waals surface area contributed by atoms with E-state index in [2.05, 4.69) is 111 Å². The highest BCUT2D eigenvalue weighted by Gasteiger charge is 2.50. The lowest BCUT2D eigenvalue weighted by atomic mass is 9.85. The lowest BCUT2D eigenvalue weighted by Gasteiger charge is -2.31. The molecule has 0 radical (unpaired) electrons. The number of rotatable bonds is 4. The number of benzene rings is 3. The molecule has 1 fully saturated rings. The maximum atomic E-state index is 6.73. The van der Waals surface area contributed by atoms with Gasteiger partial charge in [0.1, 0.15) is 0 Å². The molecule has 3 aromatic carbocycles. The predicted octanol–water partition coefficient (Wildman–Crippen LogP) is 9.46. The van der Waals surface area contributed by atoms with Crippen LogP contribution >= 0.6 is 0 Å². The predicted molar refractivity (Wildman–Crippen MR) is 151 cm³/mol. The number of hydrogen-bond acceptors (Lipinski definition) is 2. The highest BCUT2D eigenvalue weighted by molar-refractivity contribution is 5.76. The van der Waals surface area contributed by atoms with Crippen LogP contribution in [0.1, 0.15) is 76.0 Å². The second-order valence-electron chi connectivity index (χ2n) is 11.3. The molecule has 36 heavy (non-hydrogen) atoms. The van der Waals surface area contributed by atoms with Gasteiger partial charge in [0.2, 0.25) is 0 Å². The number of aryl methyl sites for hydroxylation is 1. The summed E-state index contributed by atoms with van der Waals surface area (Å²) in [7, 11) is 0. The Morgan fingerprint density at radius 3 is 2.25 bits per heavy atom. The molecule has 0 atom stereocenters. The summed E-state index contributed by atoms with van der Waals surface area (Å²) in [6, 6.07) is 24.8. The molecule has 1 heterocycles. The summed E-state index contributed by atoms with van der Waals surface area (Å²) in [5, 5.41) is 0. The summed E-state index contributed by atoms with van der Waals surface area (Å²) < 4.78 is 6.73. The van der Waals surface area contributed by atoms with Crippen molar-refractivity contribution >= 4 is 11.4 Å². The summed E-state index contributed by atoms with van der Waals surface area (Å²) in [6.45, 7) is 8.94. The molecule has 2 heteroatoms. The first-order valence-corrected chi connectivity index (χ1v) is 13.6. The van der Waals surface area contributed by atoms with Crippen LogP contribution in [-0.4, -0.2) is 0 Å². The summed E-state index contributed by atoms with van der Waals surface area (Å²) in [5.41, 5.74) is 11.4. The van der Waals surface area contributed by atoms with Gasteiger partial charge in [0, 0.05) is 17.1 Å². The zero-order valence-corrected chi connectivity index (χ0v) is 22.1.